The van der Waals surface area contributed by atoms with Gasteiger partial charge in [0.15, 0.2) is 0 Å². The van der Waals surface area contributed by atoms with Crippen molar-refractivity contribution in [2.45, 2.75) is 20.4 Å². The third kappa shape index (κ3) is 3.16. The fourth-order valence-electron chi connectivity index (χ4n) is 2.25. The third-order valence-corrected chi connectivity index (χ3v) is 3.56. The van der Waals surface area contributed by atoms with E-state index in [-0.39, 0.29) is 11.9 Å². The van der Waals surface area contributed by atoms with E-state index in [2.05, 4.69) is 15.2 Å². The van der Waals surface area contributed by atoms with Gasteiger partial charge >= 0.3 is 5.97 Å². The highest BCUT2D eigenvalue weighted by atomic mass is 16.5. The number of nitrogens with zero attached hydrogens (tertiary/aromatic N) is 2. The predicted octanol–water partition coefficient (Wildman–Crippen LogP) is 1.75. The van der Waals surface area contributed by atoms with Crippen LogP contribution in [0.25, 0.3) is 0 Å². The average Bonchev–Trinajstić information content (AvgIpc) is 2.77. The van der Waals surface area contributed by atoms with Crippen LogP contribution in [0.3, 0.4) is 0 Å². The second-order valence-electron chi connectivity index (χ2n) is 5.04. The first kappa shape index (κ1) is 15.8. The van der Waals surface area contributed by atoms with Gasteiger partial charge in [-0.05, 0) is 31.5 Å². The Morgan fingerprint density at radius 2 is 1.86 bits per heavy atom. The molecular formula is C16H19N3O3. The van der Waals surface area contributed by atoms with Crippen LogP contribution in [0.2, 0.25) is 0 Å². The minimum atomic E-state index is -0.378. The van der Waals surface area contributed by atoms with Crippen LogP contribution >= 0.6 is 0 Å². The lowest BCUT2D eigenvalue weighted by atomic mass is 10.1. The number of rotatable bonds is 4. The molecule has 0 unspecified atom stereocenters. The lowest BCUT2D eigenvalue weighted by Gasteiger charge is -2.06. The molecule has 6 heteroatoms. The molecule has 0 saturated carbocycles. The van der Waals surface area contributed by atoms with Gasteiger partial charge in [-0.2, -0.15) is 5.10 Å². The van der Waals surface area contributed by atoms with E-state index in [0.717, 1.165) is 11.3 Å². The lowest BCUT2D eigenvalue weighted by Crippen LogP contribution is -2.24. The molecule has 22 heavy (non-hydrogen) atoms. The molecule has 0 aliphatic heterocycles. The summed E-state index contributed by atoms with van der Waals surface area (Å²) < 4.78 is 6.33. The van der Waals surface area contributed by atoms with Crippen molar-refractivity contribution in [3.8, 4) is 0 Å². The fourth-order valence-corrected chi connectivity index (χ4v) is 2.25. The molecule has 0 fully saturated rings. The number of benzene rings is 1. The van der Waals surface area contributed by atoms with Gasteiger partial charge in [0.25, 0.3) is 5.91 Å². The van der Waals surface area contributed by atoms with Gasteiger partial charge in [0, 0.05) is 19.3 Å². The van der Waals surface area contributed by atoms with Gasteiger partial charge in [0.2, 0.25) is 0 Å². The molecule has 0 aliphatic carbocycles. The molecular weight excluding hydrogens is 282 g/mol. The number of aromatic nitrogens is 2. The summed E-state index contributed by atoms with van der Waals surface area (Å²) in [5, 5.41) is 7.10. The Balaban J connectivity index is 2.03. The average molecular weight is 301 g/mol. The number of amides is 1. The predicted molar refractivity (Wildman–Crippen MR) is 81.6 cm³/mol. The van der Waals surface area contributed by atoms with Gasteiger partial charge in [-0.1, -0.05) is 12.1 Å². The highest BCUT2D eigenvalue weighted by Crippen LogP contribution is 2.12. The third-order valence-electron chi connectivity index (χ3n) is 3.56. The molecule has 2 rings (SSSR count). The van der Waals surface area contributed by atoms with E-state index in [1.165, 1.54) is 7.11 Å². The second kappa shape index (κ2) is 6.43. The number of hydrogen-bond donors (Lipinski definition) is 1. The van der Waals surface area contributed by atoms with Crippen LogP contribution in [0.15, 0.2) is 24.3 Å². The Hall–Kier alpha value is -2.63. The molecule has 0 aliphatic rings. The molecule has 1 amide bonds. The minimum absolute atomic E-state index is 0.153. The summed E-state index contributed by atoms with van der Waals surface area (Å²) in [6.45, 7) is 4.06. The van der Waals surface area contributed by atoms with Gasteiger partial charge in [-0.25, -0.2) is 4.79 Å². The highest BCUT2D eigenvalue weighted by molar-refractivity contribution is 5.96. The molecule has 0 spiro atoms. The molecule has 0 atom stereocenters. The number of carbonyl (C=O) groups is 2. The number of carbonyl (C=O) groups excluding carboxylic acids is 2. The van der Waals surface area contributed by atoms with Crippen molar-refractivity contribution in [1.82, 2.24) is 15.1 Å². The SMILES string of the molecule is COC(=O)c1ccc(CNC(=O)c2c(C)nn(C)c2C)cc1. The van der Waals surface area contributed by atoms with E-state index >= 15 is 0 Å². The number of nitrogens with one attached hydrogen (secondary N) is 1. The quantitative estimate of drug-likeness (QED) is 0.873. The molecule has 116 valence electrons. The molecule has 1 aromatic heterocycles. The van der Waals surface area contributed by atoms with E-state index in [0.29, 0.717) is 23.4 Å². The normalized spacial score (nSPS) is 10.4. The monoisotopic (exact) mass is 301 g/mol. The summed E-state index contributed by atoms with van der Waals surface area (Å²) >= 11 is 0. The fraction of sp³-hybridized carbons (Fsp3) is 0.312. The van der Waals surface area contributed by atoms with E-state index < -0.39 is 0 Å². The van der Waals surface area contributed by atoms with Crippen LogP contribution in [0.1, 0.15) is 37.7 Å². The summed E-state index contributed by atoms with van der Waals surface area (Å²) in [6, 6.07) is 6.92. The molecule has 1 aromatic carbocycles. The Morgan fingerprint density at radius 3 is 2.36 bits per heavy atom. The van der Waals surface area contributed by atoms with Crippen LogP contribution in [0, 0.1) is 13.8 Å². The molecule has 2 aromatic rings. The Morgan fingerprint density at radius 1 is 1.23 bits per heavy atom. The Labute approximate surface area is 129 Å². The molecule has 0 bridgehead atoms. The van der Waals surface area contributed by atoms with Gasteiger partial charge in [-0.15, -0.1) is 0 Å². The summed E-state index contributed by atoms with van der Waals surface area (Å²) in [6.07, 6.45) is 0. The zero-order chi connectivity index (χ0) is 16.3. The summed E-state index contributed by atoms with van der Waals surface area (Å²) in [5.74, 6) is -0.530. The van der Waals surface area contributed by atoms with E-state index in [1.54, 1.807) is 28.9 Å². The van der Waals surface area contributed by atoms with Crippen molar-refractivity contribution < 1.29 is 14.3 Å². The standard InChI is InChI=1S/C16H19N3O3/c1-10-14(11(2)19(3)18-10)15(20)17-9-12-5-7-13(8-6-12)16(21)22-4/h5-8H,9H2,1-4H3,(H,17,20). The van der Waals surface area contributed by atoms with Crippen molar-refractivity contribution in [1.29, 1.82) is 0 Å². The van der Waals surface area contributed by atoms with Gasteiger partial charge in [0.1, 0.15) is 0 Å². The smallest absolute Gasteiger partial charge is 0.337 e. The highest BCUT2D eigenvalue weighted by Gasteiger charge is 2.16. The van der Waals surface area contributed by atoms with Gasteiger partial charge in [-0.3, -0.25) is 9.48 Å². The molecule has 1 N–H and O–H groups in total. The van der Waals surface area contributed by atoms with Gasteiger partial charge < -0.3 is 10.1 Å². The van der Waals surface area contributed by atoms with E-state index in [1.807, 2.05) is 20.9 Å². The summed E-state index contributed by atoms with van der Waals surface area (Å²) in [5.41, 5.74) is 3.53. The summed E-state index contributed by atoms with van der Waals surface area (Å²) in [4.78, 5) is 23.6. The zero-order valence-electron chi connectivity index (χ0n) is 13.1. The molecule has 1 heterocycles. The topological polar surface area (TPSA) is 73.2 Å². The van der Waals surface area contributed by atoms with Crippen LogP contribution in [-0.4, -0.2) is 28.8 Å². The number of esters is 1. The zero-order valence-corrected chi connectivity index (χ0v) is 13.1. The van der Waals surface area contributed by atoms with Crippen molar-refractivity contribution in [3.05, 3.63) is 52.3 Å². The van der Waals surface area contributed by atoms with Crippen LogP contribution < -0.4 is 5.32 Å². The van der Waals surface area contributed by atoms with Crippen molar-refractivity contribution in [2.24, 2.45) is 7.05 Å². The molecule has 0 saturated heterocycles. The maximum absolute atomic E-state index is 12.3. The van der Waals surface area contributed by atoms with Crippen LogP contribution in [0.5, 0.6) is 0 Å². The first-order chi connectivity index (χ1) is 10.4. The first-order valence-corrected chi connectivity index (χ1v) is 6.89. The Kier molecular flexibility index (Phi) is 4.60. The van der Waals surface area contributed by atoms with E-state index in [4.69, 9.17) is 0 Å². The number of methoxy groups -OCH3 is 1. The van der Waals surface area contributed by atoms with E-state index in [9.17, 15) is 9.59 Å². The Bertz CT molecular complexity index is 702. The minimum Gasteiger partial charge on any atom is -0.465 e. The maximum Gasteiger partial charge on any atom is 0.337 e. The molecule has 6 nitrogen and oxygen atoms in total. The molecule has 0 radical (unpaired) electrons. The number of hydrogen-bond acceptors (Lipinski definition) is 4. The van der Waals surface area contributed by atoms with Crippen molar-refractivity contribution in [2.75, 3.05) is 7.11 Å². The first-order valence-electron chi connectivity index (χ1n) is 6.89. The number of ether oxygens (including phenoxy) is 1. The summed E-state index contributed by atoms with van der Waals surface area (Å²) in [7, 11) is 3.15. The van der Waals surface area contributed by atoms with Gasteiger partial charge in [0.05, 0.1) is 23.9 Å². The number of aryl methyl sites for hydroxylation is 2. The second-order valence-corrected chi connectivity index (χ2v) is 5.04. The van der Waals surface area contributed by atoms with Crippen LogP contribution in [0.4, 0.5) is 0 Å². The van der Waals surface area contributed by atoms with Crippen LogP contribution in [-0.2, 0) is 18.3 Å². The lowest BCUT2D eigenvalue weighted by molar-refractivity contribution is 0.0600. The van der Waals surface area contributed by atoms with Crippen molar-refractivity contribution in [3.63, 3.8) is 0 Å². The van der Waals surface area contributed by atoms with Crippen molar-refractivity contribution >= 4 is 11.9 Å². The largest absolute Gasteiger partial charge is 0.465 e. The maximum atomic E-state index is 12.3.